The van der Waals surface area contributed by atoms with E-state index in [0.717, 1.165) is 0 Å². The Morgan fingerprint density at radius 2 is 0.806 bits per heavy atom. The van der Waals surface area contributed by atoms with Crippen LogP contribution in [0.2, 0.25) is 0 Å². The SMILES string of the molecule is CN=Cc1nc2c3nc(C#N)c(C#N)nc3c3nc(C#N)c(C#N)nc3c2nc1C#N. The zero-order chi connectivity index (χ0) is 22.1. The molecule has 4 aromatic rings. The van der Waals surface area contributed by atoms with Crippen LogP contribution in [0.4, 0.5) is 0 Å². The van der Waals surface area contributed by atoms with E-state index in [-0.39, 0.29) is 67.3 Å². The number of aromatic nitrogens is 6. The molecule has 0 fully saturated rings. The number of benzene rings is 1. The molecule has 0 bridgehead atoms. The standard InChI is InChI=1S/C19H4N12/c1-25-7-13-12(6-24)30-18-16-14(26-8(2-20)9(3-21)28-16)15-17(19(18)31-13)29-11(5-23)10(4-22)27-15/h7H,1H3. The molecule has 0 N–H and O–H groups in total. The van der Waals surface area contributed by atoms with E-state index < -0.39 is 0 Å². The van der Waals surface area contributed by atoms with Gasteiger partial charge in [-0.1, -0.05) is 0 Å². The zero-order valence-corrected chi connectivity index (χ0v) is 15.4. The third-order valence-electron chi connectivity index (χ3n) is 4.17. The maximum absolute atomic E-state index is 9.47. The minimum atomic E-state index is -0.261. The van der Waals surface area contributed by atoms with Crippen LogP contribution in [0.25, 0.3) is 33.1 Å². The van der Waals surface area contributed by atoms with Crippen molar-refractivity contribution in [3.63, 3.8) is 0 Å². The molecule has 0 aliphatic heterocycles. The molecule has 0 saturated heterocycles. The molecular formula is C19H4N12. The van der Waals surface area contributed by atoms with E-state index in [1.54, 1.807) is 24.3 Å². The van der Waals surface area contributed by atoms with E-state index in [1.165, 1.54) is 13.3 Å². The fourth-order valence-corrected chi connectivity index (χ4v) is 2.92. The lowest BCUT2D eigenvalue weighted by atomic mass is 10.1. The van der Waals surface area contributed by atoms with Gasteiger partial charge in [-0.15, -0.1) is 0 Å². The molecule has 140 valence electrons. The van der Waals surface area contributed by atoms with Gasteiger partial charge in [0.2, 0.25) is 0 Å². The summed E-state index contributed by atoms with van der Waals surface area (Å²) < 4.78 is 0. The number of hydrogen-bond acceptors (Lipinski definition) is 12. The Balaban J connectivity index is 2.40. The number of hydrogen-bond donors (Lipinski definition) is 0. The maximum atomic E-state index is 9.47. The Morgan fingerprint density at radius 1 is 0.516 bits per heavy atom. The Morgan fingerprint density at radius 3 is 1.10 bits per heavy atom. The van der Waals surface area contributed by atoms with Gasteiger partial charge >= 0.3 is 0 Å². The third-order valence-corrected chi connectivity index (χ3v) is 4.17. The molecular weight excluding hydrogens is 396 g/mol. The molecule has 0 aliphatic rings. The highest BCUT2D eigenvalue weighted by Crippen LogP contribution is 2.30. The van der Waals surface area contributed by atoms with Gasteiger partial charge in [0.25, 0.3) is 0 Å². The average Bonchev–Trinajstić information content (AvgIpc) is 2.82. The topological polar surface area (TPSA) is 209 Å². The van der Waals surface area contributed by atoms with Crippen LogP contribution >= 0.6 is 0 Å². The zero-order valence-electron chi connectivity index (χ0n) is 15.4. The predicted molar refractivity (Wildman–Crippen MR) is 103 cm³/mol. The lowest BCUT2D eigenvalue weighted by Gasteiger charge is -2.09. The minimum absolute atomic E-state index is 0.0293. The first-order valence-electron chi connectivity index (χ1n) is 8.30. The van der Waals surface area contributed by atoms with Gasteiger partial charge < -0.3 is 0 Å². The summed E-state index contributed by atoms with van der Waals surface area (Å²) in [4.78, 5) is 29.3. The van der Waals surface area contributed by atoms with Gasteiger partial charge in [-0.2, -0.15) is 26.3 Å². The van der Waals surface area contributed by atoms with Crippen LogP contribution < -0.4 is 0 Å². The van der Waals surface area contributed by atoms with Crippen LogP contribution in [-0.4, -0.2) is 43.2 Å². The number of rotatable bonds is 1. The quantitative estimate of drug-likeness (QED) is 0.324. The molecule has 0 amide bonds. The van der Waals surface area contributed by atoms with Gasteiger partial charge in [0.1, 0.15) is 69.1 Å². The van der Waals surface area contributed by atoms with Crippen LogP contribution in [0.1, 0.15) is 34.2 Å². The molecule has 0 saturated carbocycles. The monoisotopic (exact) mass is 400 g/mol. The molecule has 31 heavy (non-hydrogen) atoms. The van der Waals surface area contributed by atoms with Crippen LogP contribution in [0, 0.1) is 56.7 Å². The number of fused-ring (bicyclic) bond motifs is 6. The second-order valence-corrected chi connectivity index (χ2v) is 5.84. The van der Waals surface area contributed by atoms with Crippen molar-refractivity contribution >= 4 is 39.3 Å². The van der Waals surface area contributed by atoms with Crippen molar-refractivity contribution < 1.29 is 0 Å². The lowest BCUT2D eigenvalue weighted by Crippen LogP contribution is -2.06. The summed E-state index contributed by atoms with van der Waals surface area (Å²) in [6.07, 6.45) is 1.33. The molecule has 12 nitrogen and oxygen atoms in total. The minimum Gasteiger partial charge on any atom is -0.294 e. The first-order chi connectivity index (χ1) is 15.1. The summed E-state index contributed by atoms with van der Waals surface area (Å²) in [5, 5.41) is 46.8. The normalized spacial score (nSPS) is 10.5. The Kier molecular flexibility index (Phi) is 4.27. The summed E-state index contributed by atoms with van der Waals surface area (Å²) in [6.45, 7) is 0. The van der Waals surface area contributed by atoms with Crippen LogP contribution in [0.15, 0.2) is 4.99 Å². The van der Waals surface area contributed by atoms with E-state index in [1.807, 2.05) is 6.07 Å². The maximum Gasteiger partial charge on any atom is 0.177 e. The Hall–Kier alpha value is -5.64. The number of nitrogens with zero attached hydrogens (tertiary/aromatic N) is 12. The predicted octanol–water partition coefficient (Wildman–Crippen LogP) is 0.923. The highest BCUT2D eigenvalue weighted by molar-refractivity contribution is 6.18. The molecule has 0 aliphatic carbocycles. The first kappa shape index (κ1) is 18.7. The van der Waals surface area contributed by atoms with E-state index in [9.17, 15) is 26.3 Å². The molecule has 3 aromatic heterocycles. The first-order valence-corrected chi connectivity index (χ1v) is 8.30. The van der Waals surface area contributed by atoms with Crippen molar-refractivity contribution in [1.29, 1.82) is 26.3 Å². The van der Waals surface area contributed by atoms with E-state index in [4.69, 9.17) is 0 Å². The average molecular weight is 400 g/mol. The molecule has 0 atom stereocenters. The molecule has 12 heteroatoms. The smallest absolute Gasteiger partial charge is 0.177 e. The van der Waals surface area contributed by atoms with Gasteiger partial charge in [0.05, 0.1) is 0 Å². The Bertz CT molecular complexity index is 1650. The lowest BCUT2D eigenvalue weighted by molar-refractivity contribution is 1.16. The fourth-order valence-electron chi connectivity index (χ4n) is 2.92. The van der Waals surface area contributed by atoms with Gasteiger partial charge in [0, 0.05) is 13.3 Å². The van der Waals surface area contributed by atoms with Gasteiger partial charge in [-0.05, 0) is 0 Å². The van der Waals surface area contributed by atoms with Crippen molar-refractivity contribution in [2.45, 2.75) is 0 Å². The van der Waals surface area contributed by atoms with Crippen molar-refractivity contribution in [3.8, 4) is 30.3 Å². The molecule has 0 unspecified atom stereocenters. The van der Waals surface area contributed by atoms with E-state index >= 15 is 0 Å². The molecule has 1 aromatic carbocycles. The van der Waals surface area contributed by atoms with Gasteiger partial charge in [-0.25, -0.2) is 29.9 Å². The summed E-state index contributed by atoms with van der Waals surface area (Å²) in [5.41, 5.74) is -0.542. The van der Waals surface area contributed by atoms with Crippen molar-refractivity contribution in [1.82, 2.24) is 29.9 Å². The number of aliphatic imine (C=N–C) groups is 1. The van der Waals surface area contributed by atoms with E-state index in [0.29, 0.717) is 0 Å². The highest BCUT2D eigenvalue weighted by atomic mass is 14.9. The second kappa shape index (κ2) is 7.07. The van der Waals surface area contributed by atoms with Crippen LogP contribution in [0.3, 0.4) is 0 Å². The summed E-state index contributed by atoms with van der Waals surface area (Å²) in [7, 11) is 1.49. The van der Waals surface area contributed by atoms with Crippen molar-refractivity contribution in [3.05, 3.63) is 34.2 Å². The highest BCUT2D eigenvalue weighted by Gasteiger charge is 2.22. The summed E-state index contributed by atoms with van der Waals surface area (Å²) in [6, 6.07) is 9.08. The summed E-state index contributed by atoms with van der Waals surface area (Å²) in [5.74, 6) is 0. The van der Waals surface area contributed by atoms with Crippen molar-refractivity contribution in [2.75, 3.05) is 7.05 Å². The van der Waals surface area contributed by atoms with Crippen LogP contribution in [0.5, 0.6) is 0 Å². The molecule has 4 rings (SSSR count). The summed E-state index contributed by atoms with van der Waals surface area (Å²) >= 11 is 0. The molecule has 3 heterocycles. The van der Waals surface area contributed by atoms with Gasteiger partial charge in [-0.3, -0.25) is 4.99 Å². The fraction of sp³-hybridized carbons (Fsp3) is 0.0526. The molecule has 0 spiro atoms. The van der Waals surface area contributed by atoms with Crippen molar-refractivity contribution in [2.24, 2.45) is 4.99 Å². The largest absolute Gasteiger partial charge is 0.294 e. The van der Waals surface area contributed by atoms with E-state index in [2.05, 4.69) is 34.9 Å². The second-order valence-electron chi connectivity index (χ2n) is 5.84. The van der Waals surface area contributed by atoms with Crippen LogP contribution in [-0.2, 0) is 0 Å². The third kappa shape index (κ3) is 2.68. The van der Waals surface area contributed by atoms with Gasteiger partial charge in [0.15, 0.2) is 28.5 Å². The number of nitriles is 5. The molecule has 0 radical (unpaired) electrons. The Labute approximate surface area is 172 Å².